The van der Waals surface area contributed by atoms with Gasteiger partial charge in [-0.1, -0.05) is 11.6 Å². The average molecular weight is 355 g/mol. The maximum absolute atomic E-state index is 12.3. The topological polar surface area (TPSA) is 67.9 Å². The summed E-state index contributed by atoms with van der Waals surface area (Å²) < 4.78 is 10.7. The van der Waals surface area contributed by atoms with E-state index in [-0.39, 0.29) is 17.9 Å². The van der Waals surface area contributed by atoms with Crippen molar-refractivity contribution in [3.63, 3.8) is 0 Å². The van der Waals surface area contributed by atoms with E-state index in [1.807, 2.05) is 0 Å². The van der Waals surface area contributed by atoms with Crippen LogP contribution in [0, 0.1) is 5.92 Å². The van der Waals surface area contributed by atoms with Gasteiger partial charge in [-0.2, -0.15) is 0 Å². The smallest absolute Gasteiger partial charge is 0.320 e. The first kappa shape index (κ1) is 18.4. The number of ether oxygens (including phenoxy) is 2. The van der Waals surface area contributed by atoms with Crippen LogP contribution in [0.15, 0.2) is 24.3 Å². The average Bonchev–Trinajstić information content (AvgIpc) is 2.57. The molecule has 0 radical (unpaired) electrons. The van der Waals surface area contributed by atoms with Crippen LogP contribution in [0.25, 0.3) is 0 Å². The molecule has 0 spiro atoms. The molecule has 1 aliphatic heterocycles. The lowest BCUT2D eigenvalue weighted by molar-refractivity contribution is -0.149. The Hall–Kier alpha value is -1.95. The highest BCUT2D eigenvalue weighted by atomic mass is 35.5. The molecular formula is C17H23ClN2O4. The standard InChI is InChI=1S/C17H23ClN2O4/c1-3-23-16(21)13-5-4-10-20(11-13)17(22)19-12(2)24-15-8-6-14(18)7-9-15/h6-9,12-13H,3-5,10-11H2,1-2H3,(H,19,22). The van der Waals surface area contributed by atoms with E-state index < -0.39 is 6.23 Å². The summed E-state index contributed by atoms with van der Waals surface area (Å²) in [4.78, 5) is 25.8. The fourth-order valence-electron chi connectivity index (χ4n) is 2.63. The van der Waals surface area contributed by atoms with Gasteiger partial charge in [0.15, 0.2) is 6.23 Å². The predicted molar refractivity (Wildman–Crippen MR) is 91.0 cm³/mol. The summed E-state index contributed by atoms with van der Waals surface area (Å²) in [5.74, 6) is 0.132. The SMILES string of the molecule is CCOC(=O)C1CCCN(C(=O)NC(C)Oc2ccc(Cl)cc2)C1. The maximum Gasteiger partial charge on any atom is 0.320 e. The Kier molecular flexibility index (Phi) is 6.73. The second-order valence-corrected chi connectivity index (χ2v) is 6.14. The van der Waals surface area contributed by atoms with Crippen molar-refractivity contribution in [3.05, 3.63) is 29.3 Å². The van der Waals surface area contributed by atoms with Gasteiger partial charge in [-0.05, 0) is 51.0 Å². The zero-order valence-electron chi connectivity index (χ0n) is 14.0. The molecule has 1 heterocycles. The van der Waals surface area contributed by atoms with Crippen molar-refractivity contribution in [3.8, 4) is 5.75 Å². The van der Waals surface area contributed by atoms with Gasteiger partial charge in [0.2, 0.25) is 0 Å². The zero-order chi connectivity index (χ0) is 17.5. The number of hydrogen-bond donors (Lipinski definition) is 1. The van der Waals surface area contributed by atoms with Gasteiger partial charge in [-0.3, -0.25) is 4.79 Å². The van der Waals surface area contributed by atoms with Crippen LogP contribution in [-0.4, -0.2) is 42.8 Å². The largest absolute Gasteiger partial charge is 0.471 e. The summed E-state index contributed by atoms with van der Waals surface area (Å²) in [6.07, 6.45) is 1.03. The summed E-state index contributed by atoms with van der Waals surface area (Å²) in [6, 6.07) is 6.68. The van der Waals surface area contributed by atoms with Crippen molar-refractivity contribution in [1.82, 2.24) is 10.2 Å². The van der Waals surface area contributed by atoms with Crippen molar-refractivity contribution in [1.29, 1.82) is 0 Å². The Morgan fingerprint density at radius 2 is 2.08 bits per heavy atom. The number of piperidine rings is 1. The first-order valence-electron chi connectivity index (χ1n) is 8.14. The monoisotopic (exact) mass is 354 g/mol. The Balaban J connectivity index is 1.84. The molecule has 7 heteroatoms. The molecule has 1 saturated heterocycles. The van der Waals surface area contributed by atoms with Crippen LogP contribution >= 0.6 is 11.6 Å². The number of hydrogen-bond acceptors (Lipinski definition) is 4. The predicted octanol–water partition coefficient (Wildman–Crippen LogP) is 3.05. The Labute approximate surface area is 147 Å². The van der Waals surface area contributed by atoms with Gasteiger partial charge >= 0.3 is 12.0 Å². The van der Waals surface area contributed by atoms with Crippen molar-refractivity contribution in [2.75, 3.05) is 19.7 Å². The van der Waals surface area contributed by atoms with Crippen LogP contribution in [0.4, 0.5) is 4.79 Å². The van der Waals surface area contributed by atoms with E-state index in [1.54, 1.807) is 43.0 Å². The third-order valence-electron chi connectivity index (χ3n) is 3.78. The van der Waals surface area contributed by atoms with Crippen LogP contribution < -0.4 is 10.1 Å². The van der Waals surface area contributed by atoms with Crippen molar-refractivity contribution >= 4 is 23.6 Å². The summed E-state index contributed by atoms with van der Waals surface area (Å²) >= 11 is 5.83. The van der Waals surface area contributed by atoms with Crippen molar-refractivity contribution in [2.45, 2.75) is 32.9 Å². The normalized spacial score (nSPS) is 18.6. The molecule has 1 aromatic rings. The first-order chi connectivity index (χ1) is 11.5. The Morgan fingerprint density at radius 1 is 1.38 bits per heavy atom. The van der Waals surface area contributed by atoms with E-state index in [2.05, 4.69) is 5.32 Å². The van der Waals surface area contributed by atoms with Gasteiger partial charge in [-0.25, -0.2) is 4.79 Å². The van der Waals surface area contributed by atoms with Crippen LogP contribution in [0.5, 0.6) is 5.75 Å². The van der Waals surface area contributed by atoms with Crippen molar-refractivity contribution in [2.24, 2.45) is 5.92 Å². The Morgan fingerprint density at radius 3 is 2.75 bits per heavy atom. The highest BCUT2D eigenvalue weighted by molar-refractivity contribution is 6.30. The molecule has 2 unspecified atom stereocenters. The lowest BCUT2D eigenvalue weighted by Crippen LogP contribution is -2.50. The number of carbonyl (C=O) groups is 2. The molecule has 2 rings (SSSR count). The van der Waals surface area contributed by atoms with E-state index in [0.29, 0.717) is 30.5 Å². The third kappa shape index (κ3) is 5.30. The number of nitrogens with one attached hydrogen (secondary N) is 1. The Bertz CT molecular complexity index is 564. The second kappa shape index (κ2) is 8.78. The van der Waals surface area contributed by atoms with E-state index >= 15 is 0 Å². The summed E-state index contributed by atoms with van der Waals surface area (Å²) in [5, 5.41) is 3.41. The number of likely N-dealkylation sites (tertiary alicyclic amines) is 1. The molecule has 0 bridgehead atoms. The number of rotatable bonds is 5. The first-order valence-corrected chi connectivity index (χ1v) is 8.51. The van der Waals surface area contributed by atoms with Gasteiger partial charge in [0.1, 0.15) is 5.75 Å². The highest BCUT2D eigenvalue weighted by Crippen LogP contribution is 2.19. The van der Waals surface area contributed by atoms with Gasteiger partial charge in [-0.15, -0.1) is 0 Å². The number of benzene rings is 1. The zero-order valence-corrected chi connectivity index (χ0v) is 14.7. The van der Waals surface area contributed by atoms with Gasteiger partial charge in [0.05, 0.1) is 12.5 Å². The lowest BCUT2D eigenvalue weighted by Gasteiger charge is -2.32. The molecule has 2 amide bonds. The highest BCUT2D eigenvalue weighted by Gasteiger charge is 2.29. The lowest BCUT2D eigenvalue weighted by atomic mass is 9.98. The van der Waals surface area contributed by atoms with Crippen LogP contribution in [0.1, 0.15) is 26.7 Å². The van der Waals surface area contributed by atoms with E-state index in [9.17, 15) is 9.59 Å². The number of urea groups is 1. The summed E-state index contributed by atoms with van der Waals surface area (Å²) in [7, 11) is 0. The number of amides is 2. The van der Waals surface area contributed by atoms with Gasteiger partial charge in [0, 0.05) is 18.1 Å². The quantitative estimate of drug-likeness (QED) is 0.652. The molecule has 1 fully saturated rings. The van der Waals surface area contributed by atoms with Crippen molar-refractivity contribution < 1.29 is 19.1 Å². The minimum Gasteiger partial charge on any atom is -0.471 e. The molecule has 1 N–H and O–H groups in total. The second-order valence-electron chi connectivity index (χ2n) is 5.70. The van der Waals surface area contributed by atoms with Gasteiger partial charge in [0.25, 0.3) is 0 Å². The fraction of sp³-hybridized carbons (Fsp3) is 0.529. The molecule has 6 nitrogen and oxygen atoms in total. The molecule has 0 saturated carbocycles. The minimum absolute atomic E-state index is 0.236. The molecule has 0 aliphatic carbocycles. The number of carbonyl (C=O) groups excluding carboxylic acids is 2. The molecule has 2 atom stereocenters. The fourth-order valence-corrected chi connectivity index (χ4v) is 2.75. The molecule has 132 valence electrons. The van der Waals surface area contributed by atoms with Gasteiger partial charge < -0.3 is 19.7 Å². The summed E-state index contributed by atoms with van der Waals surface area (Å²) in [6.45, 7) is 4.88. The van der Waals surface area contributed by atoms with Crippen LogP contribution in [0.3, 0.4) is 0 Å². The minimum atomic E-state index is -0.498. The van der Waals surface area contributed by atoms with E-state index in [4.69, 9.17) is 21.1 Å². The van der Waals surface area contributed by atoms with E-state index in [1.165, 1.54) is 0 Å². The summed E-state index contributed by atoms with van der Waals surface area (Å²) in [5.41, 5.74) is 0. The van der Waals surface area contributed by atoms with Crippen LogP contribution in [0.2, 0.25) is 5.02 Å². The maximum atomic E-state index is 12.3. The molecule has 0 aromatic heterocycles. The number of esters is 1. The van der Waals surface area contributed by atoms with E-state index in [0.717, 1.165) is 12.8 Å². The number of halogens is 1. The number of nitrogens with zero attached hydrogens (tertiary/aromatic N) is 1. The van der Waals surface area contributed by atoms with Crippen LogP contribution in [-0.2, 0) is 9.53 Å². The molecular weight excluding hydrogens is 332 g/mol. The molecule has 24 heavy (non-hydrogen) atoms. The third-order valence-corrected chi connectivity index (χ3v) is 4.03. The molecule has 1 aromatic carbocycles. The molecule has 1 aliphatic rings.